The Hall–Kier alpha value is -2.82. The van der Waals surface area contributed by atoms with Gasteiger partial charge in [-0.3, -0.25) is 9.59 Å². The summed E-state index contributed by atoms with van der Waals surface area (Å²) in [4.78, 5) is 24.4. The summed E-state index contributed by atoms with van der Waals surface area (Å²) in [6.07, 6.45) is 0. The maximum absolute atomic E-state index is 12.3. The number of nitrogens with one attached hydrogen (secondary N) is 3. The predicted molar refractivity (Wildman–Crippen MR) is 112 cm³/mol. The molecule has 3 N–H and O–H groups in total. The van der Waals surface area contributed by atoms with Crippen LogP contribution in [0, 0.1) is 5.41 Å². The zero-order valence-corrected chi connectivity index (χ0v) is 16.7. The molecule has 0 bridgehead atoms. The number of rotatable bonds is 6. The van der Waals surface area contributed by atoms with Crippen molar-refractivity contribution in [1.82, 2.24) is 0 Å². The van der Waals surface area contributed by atoms with Crippen LogP contribution in [0.25, 0.3) is 0 Å². The molecule has 5 nitrogen and oxygen atoms in total. The largest absolute Gasteiger partial charge is 0.376 e. The van der Waals surface area contributed by atoms with Crippen LogP contribution in [-0.4, -0.2) is 18.4 Å². The lowest BCUT2D eigenvalue weighted by Crippen LogP contribution is -2.27. The Morgan fingerprint density at radius 2 is 1.56 bits per heavy atom. The highest BCUT2D eigenvalue weighted by molar-refractivity contribution is 5.97. The van der Waals surface area contributed by atoms with E-state index in [9.17, 15) is 9.59 Å². The summed E-state index contributed by atoms with van der Waals surface area (Å²) in [6, 6.07) is 15.1. The molecule has 2 rings (SSSR count). The topological polar surface area (TPSA) is 70.2 Å². The van der Waals surface area contributed by atoms with E-state index in [4.69, 9.17) is 0 Å². The number of para-hydroxylation sites is 1. The van der Waals surface area contributed by atoms with Crippen LogP contribution in [-0.2, 0) is 9.59 Å². The Kier molecular flexibility index (Phi) is 6.61. The maximum Gasteiger partial charge on any atom is 0.243 e. The van der Waals surface area contributed by atoms with Gasteiger partial charge in [0, 0.05) is 22.5 Å². The first-order valence-corrected chi connectivity index (χ1v) is 9.21. The molecular formula is C22H29N3O2. The van der Waals surface area contributed by atoms with Crippen LogP contribution in [0.2, 0.25) is 0 Å². The third-order valence-corrected chi connectivity index (χ3v) is 4.11. The lowest BCUT2D eigenvalue weighted by Gasteiger charge is -2.18. The standard InChI is InChI=1S/C22H29N3O2/c1-15(2)18-11-6-7-12-19(18)23-14-20(26)24-16-9-8-10-17(13-16)25-21(27)22(3,4)5/h6-13,15,23H,14H2,1-5H3,(H,24,26)(H,25,27). The number of hydrogen-bond acceptors (Lipinski definition) is 3. The van der Waals surface area contributed by atoms with Crippen LogP contribution in [0.4, 0.5) is 17.1 Å². The second-order valence-electron chi connectivity index (χ2n) is 7.93. The first-order chi connectivity index (χ1) is 12.7. The van der Waals surface area contributed by atoms with Crippen molar-refractivity contribution in [3.63, 3.8) is 0 Å². The van der Waals surface area contributed by atoms with Crippen LogP contribution < -0.4 is 16.0 Å². The molecule has 0 saturated carbocycles. The molecule has 0 radical (unpaired) electrons. The van der Waals surface area contributed by atoms with Crippen LogP contribution in [0.1, 0.15) is 46.1 Å². The molecular weight excluding hydrogens is 338 g/mol. The smallest absolute Gasteiger partial charge is 0.243 e. The molecule has 0 aliphatic carbocycles. The average molecular weight is 367 g/mol. The van der Waals surface area contributed by atoms with Crippen molar-refractivity contribution in [2.75, 3.05) is 22.5 Å². The van der Waals surface area contributed by atoms with Gasteiger partial charge in [0.1, 0.15) is 0 Å². The van der Waals surface area contributed by atoms with Gasteiger partial charge in [0.25, 0.3) is 0 Å². The van der Waals surface area contributed by atoms with Crippen molar-refractivity contribution >= 4 is 28.9 Å². The Balaban J connectivity index is 1.97. The van der Waals surface area contributed by atoms with Crippen molar-refractivity contribution in [3.8, 4) is 0 Å². The minimum absolute atomic E-state index is 0.0714. The van der Waals surface area contributed by atoms with Crippen LogP contribution >= 0.6 is 0 Å². The van der Waals surface area contributed by atoms with Gasteiger partial charge in [-0.05, 0) is 35.7 Å². The highest BCUT2D eigenvalue weighted by atomic mass is 16.2. The second kappa shape index (κ2) is 8.71. The minimum Gasteiger partial charge on any atom is -0.376 e. The number of anilines is 3. The Morgan fingerprint density at radius 1 is 0.926 bits per heavy atom. The second-order valence-corrected chi connectivity index (χ2v) is 7.93. The molecule has 27 heavy (non-hydrogen) atoms. The van der Waals surface area contributed by atoms with E-state index in [0.717, 1.165) is 5.69 Å². The first-order valence-electron chi connectivity index (χ1n) is 9.21. The number of amides is 2. The molecule has 0 spiro atoms. The summed E-state index contributed by atoms with van der Waals surface area (Å²) < 4.78 is 0. The predicted octanol–water partition coefficient (Wildman–Crippen LogP) is 4.85. The zero-order chi connectivity index (χ0) is 20.0. The third kappa shape index (κ3) is 6.13. The van der Waals surface area contributed by atoms with E-state index in [0.29, 0.717) is 17.3 Å². The van der Waals surface area contributed by atoms with E-state index in [1.54, 1.807) is 24.3 Å². The molecule has 2 aromatic rings. The van der Waals surface area contributed by atoms with E-state index in [1.165, 1.54) is 5.56 Å². The van der Waals surface area contributed by atoms with Gasteiger partial charge in [-0.2, -0.15) is 0 Å². The van der Waals surface area contributed by atoms with Crippen LogP contribution in [0.15, 0.2) is 48.5 Å². The number of hydrogen-bond donors (Lipinski definition) is 3. The van der Waals surface area contributed by atoms with Crippen LogP contribution in [0.5, 0.6) is 0 Å². The number of benzene rings is 2. The van der Waals surface area contributed by atoms with Gasteiger partial charge in [-0.25, -0.2) is 0 Å². The molecule has 2 amide bonds. The number of carbonyl (C=O) groups excluding carboxylic acids is 2. The van der Waals surface area contributed by atoms with Gasteiger partial charge in [-0.15, -0.1) is 0 Å². The van der Waals surface area contributed by atoms with Crippen molar-refractivity contribution in [2.45, 2.75) is 40.5 Å². The maximum atomic E-state index is 12.3. The summed E-state index contributed by atoms with van der Waals surface area (Å²) in [5.74, 6) is 0.158. The quantitative estimate of drug-likeness (QED) is 0.684. The van der Waals surface area contributed by atoms with E-state index < -0.39 is 5.41 Å². The molecule has 0 heterocycles. The molecule has 2 aromatic carbocycles. The van der Waals surface area contributed by atoms with Crippen molar-refractivity contribution in [2.24, 2.45) is 5.41 Å². The summed E-state index contributed by atoms with van der Waals surface area (Å²) >= 11 is 0. The molecule has 144 valence electrons. The van der Waals surface area contributed by atoms with E-state index in [-0.39, 0.29) is 18.4 Å². The highest BCUT2D eigenvalue weighted by Gasteiger charge is 2.21. The minimum atomic E-state index is -0.479. The summed E-state index contributed by atoms with van der Waals surface area (Å²) in [5, 5.41) is 8.93. The van der Waals surface area contributed by atoms with E-state index in [2.05, 4.69) is 35.9 Å². The molecule has 0 aromatic heterocycles. The van der Waals surface area contributed by atoms with E-state index in [1.807, 2.05) is 39.0 Å². The van der Waals surface area contributed by atoms with Gasteiger partial charge in [0.15, 0.2) is 0 Å². The average Bonchev–Trinajstić information content (AvgIpc) is 2.59. The Bertz CT molecular complexity index is 807. The monoisotopic (exact) mass is 367 g/mol. The molecule has 0 atom stereocenters. The van der Waals surface area contributed by atoms with E-state index >= 15 is 0 Å². The van der Waals surface area contributed by atoms with Gasteiger partial charge in [0.05, 0.1) is 6.54 Å². The molecule has 0 aliphatic heterocycles. The highest BCUT2D eigenvalue weighted by Crippen LogP contribution is 2.23. The third-order valence-electron chi connectivity index (χ3n) is 4.11. The number of carbonyl (C=O) groups is 2. The molecule has 5 heteroatoms. The first kappa shape index (κ1) is 20.5. The summed E-state index contributed by atoms with van der Waals surface area (Å²) in [6.45, 7) is 9.98. The SMILES string of the molecule is CC(C)c1ccccc1NCC(=O)Nc1cccc(NC(=O)C(C)(C)C)c1. The van der Waals surface area contributed by atoms with Crippen molar-refractivity contribution in [3.05, 3.63) is 54.1 Å². The molecule has 0 aliphatic rings. The van der Waals surface area contributed by atoms with Gasteiger partial charge >= 0.3 is 0 Å². The van der Waals surface area contributed by atoms with Gasteiger partial charge in [0.2, 0.25) is 11.8 Å². The molecule has 0 unspecified atom stereocenters. The lowest BCUT2D eigenvalue weighted by molar-refractivity contribution is -0.123. The van der Waals surface area contributed by atoms with Crippen molar-refractivity contribution in [1.29, 1.82) is 0 Å². The fourth-order valence-electron chi connectivity index (χ4n) is 2.54. The van der Waals surface area contributed by atoms with Gasteiger partial charge in [-0.1, -0.05) is 58.9 Å². The van der Waals surface area contributed by atoms with Crippen molar-refractivity contribution < 1.29 is 9.59 Å². The zero-order valence-electron chi connectivity index (χ0n) is 16.7. The summed E-state index contributed by atoms with van der Waals surface area (Å²) in [5.41, 5.74) is 2.97. The summed E-state index contributed by atoms with van der Waals surface area (Å²) in [7, 11) is 0. The normalized spacial score (nSPS) is 11.2. The Labute approximate surface area is 161 Å². The van der Waals surface area contributed by atoms with Gasteiger partial charge < -0.3 is 16.0 Å². The van der Waals surface area contributed by atoms with Crippen LogP contribution in [0.3, 0.4) is 0 Å². The molecule has 0 fully saturated rings. The Morgan fingerprint density at radius 3 is 2.19 bits per heavy atom. The lowest BCUT2D eigenvalue weighted by atomic mass is 9.95. The fraction of sp³-hybridized carbons (Fsp3) is 0.364. The fourth-order valence-corrected chi connectivity index (χ4v) is 2.54. The molecule has 0 saturated heterocycles.